The van der Waals surface area contributed by atoms with Crippen molar-refractivity contribution < 1.29 is 9.53 Å². The molecule has 0 radical (unpaired) electrons. The Hall–Kier alpha value is -4.33. The topological polar surface area (TPSA) is 26.3 Å². The van der Waals surface area contributed by atoms with Crippen molar-refractivity contribution in [2.75, 3.05) is 0 Å². The van der Waals surface area contributed by atoms with Crippen LogP contribution in [0.1, 0.15) is 0 Å². The van der Waals surface area contributed by atoms with E-state index in [1.807, 2.05) is 29.5 Å². The summed E-state index contributed by atoms with van der Waals surface area (Å²) in [5.74, 6) is 0.0585. The van der Waals surface area contributed by atoms with Gasteiger partial charge in [0.1, 0.15) is 0 Å². The van der Waals surface area contributed by atoms with Crippen LogP contribution in [0.5, 0.6) is 5.75 Å². The van der Waals surface area contributed by atoms with Crippen LogP contribution in [0.2, 0.25) is 0 Å². The van der Waals surface area contributed by atoms with Crippen LogP contribution in [0.25, 0.3) is 51.5 Å². The van der Waals surface area contributed by atoms with Crippen LogP contribution in [0.4, 0.5) is 0 Å². The highest BCUT2D eigenvalue weighted by Crippen LogP contribution is 2.50. The lowest BCUT2D eigenvalue weighted by molar-refractivity contribution is -0.129. The van der Waals surface area contributed by atoms with Gasteiger partial charge in [0.05, 0.1) is 4.90 Å². The van der Waals surface area contributed by atoms with Crippen LogP contribution in [-0.4, -0.2) is 5.97 Å². The lowest BCUT2D eigenvalue weighted by Crippen LogP contribution is -2.05. The average molecular weight is 653 g/mol. The van der Waals surface area contributed by atoms with Crippen molar-refractivity contribution in [3.8, 4) is 16.9 Å². The molecule has 0 spiro atoms. The van der Waals surface area contributed by atoms with Gasteiger partial charge >= 0.3 is 5.97 Å². The van der Waals surface area contributed by atoms with Crippen molar-refractivity contribution in [2.24, 2.45) is 0 Å². The summed E-state index contributed by atoms with van der Waals surface area (Å²) < 4.78 is 11.1. The first-order valence-corrected chi connectivity index (χ1v) is 17.7. The molecule has 6 heteroatoms. The van der Waals surface area contributed by atoms with Gasteiger partial charge in [-0.1, -0.05) is 121 Å². The van der Waals surface area contributed by atoms with Crippen molar-refractivity contribution in [1.29, 1.82) is 0 Å². The Bertz CT molecular complexity index is 2400. The Morgan fingerprint density at radius 2 is 1.16 bits per heavy atom. The third-order valence-electron chi connectivity index (χ3n) is 7.67. The summed E-state index contributed by atoms with van der Waals surface area (Å²) in [6.45, 7) is 3.68. The number of esters is 1. The fourth-order valence-corrected chi connectivity index (χ4v) is 10.4. The Balaban J connectivity index is 1.32. The van der Waals surface area contributed by atoms with E-state index in [0.717, 1.165) is 25.8 Å². The fourth-order valence-electron chi connectivity index (χ4n) is 5.64. The molecular formula is C39H24O2S4. The summed E-state index contributed by atoms with van der Waals surface area (Å²) in [5, 5.41) is 5.04. The van der Waals surface area contributed by atoms with Gasteiger partial charge in [-0.25, -0.2) is 4.79 Å². The minimum absolute atomic E-state index is 0.482. The average Bonchev–Trinajstić information content (AvgIpc) is 3.66. The maximum absolute atomic E-state index is 12.8. The summed E-state index contributed by atoms with van der Waals surface area (Å²) in [6, 6.07) is 44.5. The van der Waals surface area contributed by atoms with Crippen LogP contribution in [-0.2, 0) is 4.79 Å². The molecule has 216 valence electrons. The summed E-state index contributed by atoms with van der Waals surface area (Å²) in [7, 11) is 0. The van der Waals surface area contributed by atoms with E-state index in [9.17, 15) is 4.79 Å². The molecule has 0 aliphatic carbocycles. The monoisotopic (exact) mass is 652 g/mol. The van der Waals surface area contributed by atoms with Gasteiger partial charge in [0.15, 0.2) is 5.75 Å². The van der Waals surface area contributed by atoms with Crippen molar-refractivity contribution in [3.05, 3.63) is 140 Å². The maximum Gasteiger partial charge on any atom is 0.335 e. The Morgan fingerprint density at radius 3 is 1.78 bits per heavy atom. The highest BCUT2D eigenvalue weighted by molar-refractivity contribution is 8.00. The Kier molecular flexibility index (Phi) is 7.43. The predicted octanol–water partition coefficient (Wildman–Crippen LogP) is 12.5. The summed E-state index contributed by atoms with van der Waals surface area (Å²) in [5.41, 5.74) is 1.85. The van der Waals surface area contributed by atoms with Crippen LogP contribution < -0.4 is 4.74 Å². The first-order chi connectivity index (χ1) is 22.2. The van der Waals surface area contributed by atoms with Crippen LogP contribution in [0.3, 0.4) is 0 Å². The number of thiophene rings is 2. The van der Waals surface area contributed by atoms with Gasteiger partial charge in [-0.15, -0.1) is 22.7 Å². The van der Waals surface area contributed by atoms with Gasteiger partial charge in [0.25, 0.3) is 0 Å². The molecule has 0 saturated carbocycles. The molecule has 0 aliphatic rings. The van der Waals surface area contributed by atoms with Crippen molar-refractivity contribution in [2.45, 2.75) is 19.6 Å². The molecule has 0 N–H and O–H groups in total. The number of fused-ring (bicyclic) bond motifs is 6. The number of ether oxygens (including phenoxy) is 1. The molecule has 0 atom stereocenters. The second-order valence-corrected chi connectivity index (χ2v) is 14.8. The zero-order chi connectivity index (χ0) is 30.3. The molecule has 8 aromatic rings. The molecule has 6 aromatic carbocycles. The predicted molar refractivity (Wildman–Crippen MR) is 195 cm³/mol. The standard InChI is InChI=1S/C39H24O2S4/c1-2-36(40)41-37-30(24-12-4-3-5-13-24)22-25(42-33-20-10-16-28-26-14-6-8-18-31(26)44-38(28)33)23-35(37)43-34-21-11-17-29-27-15-7-9-19-32(27)45-39(29)34/h2-23H,1H2. The first kappa shape index (κ1) is 28.2. The molecule has 45 heavy (non-hydrogen) atoms. The largest absolute Gasteiger partial charge is 0.421 e. The molecule has 0 fully saturated rings. The second kappa shape index (κ2) is 11.9. The molecule has 2 heterocycles. The number of hydrogen-bond acceptors (Lipinski definition) is 6. The zero-order valence-corrected chi connectivity index (χ0v) is 27.1. The quantitative estimate of drug-likeness (QED) is 0.0972. The summed E-state index contributed by atoms with van der Waals surface area (Å²) in [4.78, 5) is 17.0. The molecule has 0 bridgehead atoms. The molecule has 0 amide bonds. The highest BCUT2D eigenvalue weighted by Gasteiger charge is 2.21. The van der Waals surface area contributed by atoms with Gasteiger partial charge in [-0.2, -0.15) is 0 Å². The number of hydrogen-bond donors (Lipinski definition) is 0. The van der Waals surface area contributed by atoms with Crippen molar-refractivity contribution >= 4 is 92.5 Å². The summed E-state index contributed by atoms with van der Waals surface area (Å²) in [6.07, 6.45) is 1.22. The Morgan fingerprint density at radius 1 is 0.600 bits per heavy atom. The molecule has 0 unspecified atom stereocenters. The van der Waals surface area contributed by atoms with Crippen LogP contribution in [0, 0.1) is 0 Å². The van der Waals surface area contributed by atoms with E-state index in [-0.39, 0.29) is 0 Å². The van der Waals surface area contributed by atoms with E-state index in [4.69, 9.17) is 4.74 Å². The number of carbonyl (C=O) groups is 1. The fraction of sp³-hybridized carbons (Fsp3) is 0. The third kappa shape index (κ3) is 5.24. The molecular weight excluding hydrogens is 629 g/mol. The minimum atomic E-state index is -0.482. The Labute approximate surface area is 277 Å². The SMILES string of the molecule is C=CC(=O)Oc1c(Sc2cccc3c2sc2ccccc23)cc(Sc2cccc3c2sc2ccccc23)cc1-c1ccccc1. The first-order valence-electron chi connectivity index (χ1n) is 14.4. The van der Waals surface area contributed by atoms with Crippen LogP contribution in [0.15, 0.2) is 160 Å². The van der Waals surface area contributed by atoms with E-state index >= 15 is 0 Å². The summed E-state index contributed by atoms with van der Waals surface area (Å²) >= 11 is 7.01. The number of carbonyl (C=O) groups excluding carboxylic acids is 1. The smallest absolute Gasteiger partial charge is 0.335 e. The van der Waals surface area contributed by atoms with Gasteiger partial charge < -0.3 is 4.74 Å². The minimum Gasteiger partial charge on any atom is -0.421 e. The van der Waals surface area contributed by atoms with E-state index in [0.29, 0.717) is 5.75 Å². The van der Waals surface area contributed by atoms with E-state index in [1.165, 1.54) is 51.3 Å². The van der Waals surface area contributed by atoms with Gasteiger partial charge in [0, 0.05) is 66.7 Å². The third-order valence-corrected chi connectivity index (χ3v) is 12.5. The van der Waals surface area contributed by atoms with Gasteiger partial charge in [-0.3, -0.25) is 0 Å². The molecule has 0 saturated heterocycles. The second-order valence-electron chi connectivity index (χ2n) is 10.5. The van der Waals surface area contributed by atoms with Gasteiger partial charge in [-0.05, 0) is 42.0 Å². The van der Waals surface area contributed by atoms with E-state index in [1.54, 1.807) is 34.9 Å². The van der Waals surface area contributed by atoms with Crippen molar-refractivity contribution in [3.63, 3.8) is 0 Å². The number of rotatable bonds is 7. The van der Waals surface area contributed by atoms with E-state index in [2.05, 4.69) is 116 Å². The lowest BCUT2D eigenvalue weighted by Gasteiger charge is -2.17. The lowest BCUT2D eigenvalue weighted by atomic mass is 10.0. The molecule has 2 aromatic heterocycles. The van der Waals surface area contributed by atoms with Crippen molar-refractivity contribution in [1.82, 2.24) is 0 Å². The zero-order valence-electron chi connectivity index (χ0n) is 23.9. The normalized spacial score (nSPS) is 11.5. The highest BCUT2D eigenvalue weighted by atomic mass is 32.2. The maximum atomic E-state index is 12.8. The van der Waals surface area contributed by atoms with E-state index < -0.39 is 5.97 Å². The van der Waals surface area contributed by atoms with Crippen LogP contribution >= 0.6 is 46.2 Å². The number of benzene rings is 6. The molecule has 2 nitrogen and oxygen atoms in total. The molecule has 8 rings (SSSR count). The van der Waals surface area contributed by atoms with Gasteiger partial charge in [0.2, 0.25) is 0 Å². The molecule has 0 aliphatic heterocycles.